The van der Waals surface area contributed by atoms with Gasteiger partial charge in [0.25, 0.3) is 0 Å². The predicted molar refractivity (Wildman–Crippen MR) is 69.1 cm³/mol. The summed E-state index contributed by atoms with van der Waals surface area (Å²) in [4.78, 5) is 0. The van der Waals surface area contributed by atoms with Crippen LogP contribution in [0.1, 0.15) is 30.5 Å². The number of halogens is 3. The average Bonchev–Trinajstić information content (AvgIpc) is 2.34. The lowest BCUT2D eigenvalue weighted by atomic mass is 10.0. The molecule has 1 atom stereocenters. The Morgan fingerprint density at radius 2 is 2.05 bits per heavy atom. The van der Waals surface area contributed by atoms with E-state index in [2.05, 4.69) is 12.2 Å². The zero-order valence-electron chi connectivity index (χ0n) is 11.3. The molecule has 2 nitrogen and oxygen atoms in total. The molecule has 1 unspecified atom stereocenters. The van der Waals surface area contributed by atoms with Crippen LogP contribution in [0.3, 0.4) is 0 Å². The van der Waals surface area contributed by atoms with Crippen molar-refractivity contribution in [2.24, 2.45) is 0 Å². The van der Waals surface area contributed by atoms with Gasteiger partial charge in [0, 0.05) is 0 Å². The van der Waals surface area contributed by atoms with Crippen molar-refractivity contribution in [2.75, 3.05) is 20.3 Å². The first-order chi connectivity index (χ1) is 8.96. The minimum absolute atomic E-state index is 0.00554. The number of nitrogens with one attached hydrogen (secondary N) is 1. The summed E-state index contributed by atoms with van der Waals surface area (Å²) in [5.41, 5.74) is 2.15. The van der Waals surface area contributed by atoms with Gasteiger partial charge in [-0.05, 0) is 24.6 Å². The molecule has 0 saturated carbocycles. The maximum Gasteiger partial charge on any atom is 0.411 e. The second kappa shape index (κ2) is 7.50. The Hall–Kier alpha value is -1.07. The van der Waals surface area contributed by atoms with Crippen LogP contribution in [-0.4, -0.2) is 26.4 Å². The molecule has 1 N–H and O–H groups in total. The molecule has 1 rings (SSSR count). The molecule has 0 aromatic heterocycles. The highest BCUT2D eigenvalue weighted by atomic mass is 19.4. The van der Waals surface area contributed by atoms with Gasteiger partial charge >= 0.3 is 6.18 Å². The third-order valence-corrected chi connectivity index (χ3v) is 2.79. The first kappa shape index (κ1) is 16.0. The third kappa shape index (κ3) is 6.07. The van der Waals surface area contributed by atoms with E-state index in [0.29, 0.717) is 0 Å². The van der Waals surface area contributed by atoms with Gasteiger partial charge in [0.15, 0.2) is 0 Å². The monoisotopic (exact) mass is 275 g/mol. The molecule has 0 aliphatic rings. The van der Waals surface area contributed by atoms with E-state index in [1.807, 2.05) is 24.3 Å². The molecule has 1 aromatic carbocycles. The summed E-state index contributed by atoms with van der Waals surface area (Å²) in [5.74, 6) is 0. The molecule has 0 aliphatic carbocycles. The van der Waals surface area contributed by atoms with E-state index in [1.165, 1.54) is 5.56 Å². The van der Waals surface area contributed by atoms with Gasteiger partial charge in [-0.2, -0.15) is 13.2 Å². The van der Waals surface area contributed by atoms with Crippen LogP contribution in [-0.2, 0) is 11.2 Å². The number of alkyl halides is 3. The number of aryl methyl sites for hydroxylation is 1. The lowest BCUT2D eigenvalue weighted by Gasteiger charge is -2.18. The Balaban J connectivity index is 2.61. The van der Waals surface area contributed by atoms with Gasteiger partial charge in [0.05, 0.1) is 12.6 Å². The number of likely N-dealkylation sites (N-methyl/N-ethyl adjacent to an activating group) is 1. The fraction of sp³-hybridized carbons (Fsp3) is 0.571. The number of hydrogen-bond acceptors (Lipinski definition) is 2. The summed E-state index contributed by atoms with van der Waals surface area (Å²) in [5, 5.41) is 2.98. The van der Waals surface area contributed by atoms with Gasteiger partial charge in [-0.15, -0.1) is 0 Å². The smallest absolute Gasteiger partial charge is 0.370 e. The molecule has 0 fully saturated rings. The Kier molecular flexibility index (Phi) is 6.31. The van der Waals surface area contributed by atoms with Crippen molar-refractivity contribution < 1.29 is 17.9 Å². The molecular formula is C14H20F3NO. The highest BCUT2D eigenvalue weighted by molar-refractivity contribution is 5.26. The summed E-state index contributed by atoms with van der Waals surface area (Å²) in [6.45, 7) is 0.889. The van der Waals surface area contributed by atoms with Gasteiger partial charge in [-0.25, -0.2) is 0 Å². The summed E-state index contributed by atoms with van der Waals surface area (Å²) in [6.07, 6.45) is -2.27. The summed E-state index contributed by atoms with van der Waals surface area (Å²) in [6, 6.07) is 7.64. The van der Waals surface area contributed by atoms with Crippen molar-refractivity contribution in [3.8, 4) is 0 Å². The van der Waals surface area contributed by atoms with Crippen LogP contribution in [0.4, 0.5) is 13.2 Å². The van der Waals surface area contributed by atoms with Crippen molar-refractivity contribution in [3.63, 3.8) is 0 Å². The Bertz CT molecular complexity index is 379. The van der Waals surface area contributed by atoms with Crippen LogP contribution >= 0.6 is 0 Å². The van der Waals surface area contributed by atoms with Gasteiger partial charge in [0.2, 0.25) is 0 Å². The molecule has 19 heavy (non-hydrogen) atoms. The van der Waals surface area contributed by atoms with E-state index in [9.17, 15) is 13.2 Å². The molecule has 5 heteroatoms. The predicted octanol–water partition coefficient (Wildman–Crippen LogP) is 3.48. The molecule has 108 valence electrons. The summed E-state index contributed by atoms with van der Waals surface area (Å²) < 4.78 is 40.8. The first-order valence-electron chi connectivity index (χ1n) is 6.37. The van der Waals surface area contributed by atoms with Gasteiger partial charge in [-0.1, -0.05) is 37.6 Å². The Morgan fingerprint density at radius 1 is 1.32 bits per heavy atom. The summed E-state index contributed by atoms with van der Waals surface area (Å²) in [7, 11) is 1.72. The zero-order valence-corrected chi connectivity index (χ0v) is 11.3. The van der Waals surface area contributed by atoms with E-state index < -0.39 is 12.8 Å². The van der Waals surface area contributed by atoms with Gasteiger partial charge in [0.1, 0.15) is 6.61 Å². The van der Waals surface area contributed by atoms with Crippen LogP contribution in [0.25, 0.3) is 0 Å². The van der Waals surface area contributed by atoms with E-state index in [-0.39, 0.29) is 12.6 Å². The first-order valence-corrected chi connectivity index (χ1v) is 6.37. The molecule has 0 spiro atoms. The van der Waals surface area contributed by atoms with Crippen LogP contribution in [0.5, 0.6) is 0 Å². The lowest BCUT2D eigenvalue weighted by Crippen LogP contribution is -2.25. The molecule has 0 aliphatic heterocycles. The normalized spacial score (nSPS) is 13.5. The standard InChI is InChI=1S/C14H20F3NO/c1-3-5-11-6-4-7-12(8-11)13(18-2)9-19-10-14(15,16)17/h4,6-8,13,18H,3,5,9-10H2,1-2H3. The number of ether oxygens (including phenoxy) is 1. The zero-order chi connectivity index (χ0) is 14.3. The van der Waals surface area contributed by atoms with Crippen molar-refractivity contribution >= 4 is 0 Å². The van der Waals surface area contributed by atoms with E-state index >= 15 is 0 Å². The third-order valence-electron chi connectivity index (χ3n) is 2.79. The SMILES string of the molecule is CCCc1cccc(C(COCC(F)(F)F)NC)c1. The van der Waals surface area contributed by atoms with Gasteiger partial charge in [-0.3, -0.25) is 0 Å². The van der Waals surface area contributed by atoms with Crippen molar-refractivity contribution in [3.05, 3.63) is 35.4 Å². The van der Waals surface area contributed by atoms with E-state index in [0.717, 1.165) is 18.4 Å². The van der Waals surface area contributed by atoms with Crippen molar-refractivity contribution in [1.29, 1.82) is 0 Å². The van der Waals surface area contributed by atoms with Gasteiger partial charge < -0.3 is 10.1 Å². The van der Waals surface area contributed by atoms with Crippen LogP contribution in [0.15, 0.2) is 24.3 Å². The second-order valence-electron chi connectivity index (χ2n) is 4.47. The van der Waals surface area contributed by atoms with Crippen molar-refractivity contribution in [1.82, 2.24) is 5.32 Å². The van der Waals surface area contributed by atoms with E-state index in [1.54, 1.807) is 7.05 Å². The maximum atomic E-state index is 12.0. The largest absolute Gasteiger partial charge is 0.411 e. The molecular weight excluding hydrogens is 255 g/mol. The van der Waals surface area contributed by atoms with E-state index in [4.69, 9.17) is 4.74 Å². The second-order valence-corrected chi connectivity index (χ2v) is 4.47. The van der Waals surface area contributed by atoms with Crippen LogP contribution < -0.4 is 5.32 Å². The molecule has 1 aromatic rings. The minimum atomic E-state index is -4.28. The highest BCUT2D eigenvalue weighted by Gasteiger charge is 2.27. The fourth-order valence-corrected chi connectivity index (χ4v) is 1.89. The summed E-state index contributed by atoms with van der Waals surface area (Å²) >= 11 is 0. The maximum absolute atomic E-state index is 12.0. The molecule has 0 bridgehead atoms. The lowest BCUT2D eigenvalue weighted by molar-refractivity contribution is -0.175. The quantitative estimate of drug-likeness (QED) is 0.822. The number of benzene rings is 1. The highest BCUT2D eigenvalue weighted by Crippen LogP contribution is 2.19. The molecule has 0 saturated heterocycles. The number of hydrogen-bond donors (Lipinski definition) is 1. The molecule has 0 radical (unpaired) electrons. The molecule has 0 heterocycles. The van der Waals surface area contributed by atoms with Crippen molar-refractivity contribution in [2.45, 2.75) is 32.0 Å². The Morgan fingerprint density at radius 3 is 2.63 bits per heavy atom. The number of rotatable bonds is 7. The fourth-order valence-electron chi connectivity index (χ4n) is 1.89. The Labute approximate surface area is 112 Å². The minimum Gasteiger partial charge on any atom is -0.370 e. The molecule has 0 amide bonds. The van der Waals surface area contributed by atoms with Crippen LogP contribution in [0, 0.1) is 0 Å². The van der Waals surface area contributed by atoms with Crippen LogP contribution in [0.2, 0.25) is 0 Å². The topological polar surface area (TPSA) is 21.3 Å². The average molecular weight is 275 g/mol.